The molecule has 4 saturated carbocycles. The van der Waals surface area contributed by atoms with Crippen molar-refractivity contribution in [2.24, 2.45) is 17.8 Å². The summed E-state index contributed by atoms with van der Waals surface area (Å²) in [4.78, 5) is 13.7. The number of hydrogen-bond acceptors (Lipinski definition) is 2. The number of nitrogens with one attached hydrogen (secondary N) is 2. The summed E-state index contributed by atoms with van der Waals surface area (Å²) in [5.74, 6) is 2.11. The fourth-order valence-electron chi connectivity index (χ4n) is 6.90. The van der Waals surface area contributed by atoms with Gasteiger partial charge in [0, 0.05) is 17.8 Å². The molecule has 2 N–H and O–H groups in total. The average Bonchev–Trinajstić information content (AvgIpc) is 2.75. The van der Waals surface area contributed by atoms with Crippen molar-refractivity contribution in [2.75, 3.05) is 11.9 Å². The van der Waals surface area contributed by atoms with Crippen molar-refractivity contribution in [1.29, 1.82) is 0 Å². The van der Waals surface area contributed by atoms with Gasteiger partial charge >= 0.3 is 0 Å². The number of hydrogen-bond donors (Lipinski definition) is 2. The van der Waals surface area contributed by atoms with Gasteiger partial charge in [-0.15, -0.1) is 0 Å². The molecule has 0 unspecified atom stereocenters. The van der Waals surface area contributed by atoms with Crippen LogP contribution in [-0.4, -0.2) is 18.0 Å². The first-order chi connectivity index (χ1) is 15.5. The minimum absolute atomic E-state index is 0.0168. The Morgan fingerprint density at radius 2 is 1.66 bits per heavy atom. The van der Waals surface area contributed by atoms with Crippen LogP contribution in [0.1, 0.15) is 75.1 Å². The van der Waals surface area contributed by atoms with Gasteiger partial charge in [-0.05, 0) is 98.1 Å². The van der Waals surface area contributed by atoms with Gasteiger partial charge in [-0.3, -0.25) is 4.79 Å². The Balaban J connectivity index is 1.41. The van der Waals surface area contributed by atoms with Crippen molar-refractivity contribution in [1.82, 2.24) is 5.32 Å². The molecule has 0 aromatic heterocycles. The van der Waals surface area contributed by atoms with E-state index in [9.17, 15) is 9.18 Å². The largest absolute Gasteiger partial charge is 0.384 e. The van der Waals surface area contributed by atoms with Crippen molar-refractivity contribution in [2.45, 2.75) is 70.3 Å². The van der Waals surface area contributed by atoms with Crippen LogP contribution < -0.4 is 10.6 Å². The number of carbonyl (C=O) groups is 1. The van der Waals surface area contributed by atoms with E-state index in [0.29, 0.717) is 5.56 Å². The van der Waals surface area contributed by atoms with Crippen molar-refractivity contribution >= 4 is 11.6 Å². The fraction of sp³-hybridized carbons (Fsp3) is 0.536. The Labute approximate surface area is 191 Å². The van der Waals surface area contributed by atoms with Crippen LogP contribution >= 0.6 is 0 Å². The summed E-state index contributed by atoms with van der Waals surface area (Å²) in [7, 11) is 0. The minimum Gasteiger partial charge on any atom is -0.384 e. The normalized spacial score (nSPS) is 28.0. The minimum atomic E-state index is -0.260. The monoisotopic (exact) mass is 434 g/mol. The molecule has 0 spiro atoms. The molecule has 4 aliphatic carbocycles. The molecule has 32 heavy (non-hydrogen) atoms. The summed E-state index contributed by atoms with van der Waals surface area (Å²) in [6, 6.07) is 12.5. The van der Waals surface area contributed by atoms with E-state index in [1.54, 1.807) is 6.07 Å². The molecule has 6 rings (SSSR count). The lowest BCUT2D eigenvalue weighted by molar-refractivity contribution is -0.0166. The molecule has 2 aromatic rings. The highest BCUT2D eigenvalue weighted by molar-refractivity contribution is 6.01. The summed E-state index contributed by atoms with van der Waals surface area (Å²) in [6.07, 6.45) is 10.9. The van der Waals surface area contributed by atoms with Crippen molar-refractivity contribution in [3.8, 4) is 11.1 Å². The number of halogens is 1. The second-order valence-corrected chi connectivity index (χ2v) is 10.6. The van der Waals surface area contributed by atoms with Gasteiger partial charge in [0.25, 0.3) is 5.91 Å². The Bertz CT molecular complexity index is 950. The van der Waals surface area contributed by atoms with Gasteiger partial charge in [-0.1, -0.05) is 38.0 Å². The third-order valence-corrected chi connectivity index (χ3v) is 7.93. The quantitative estimate of drug-likeness (QED) is 0.449. The number of benzene rings is 2. The predicted molar refractivity (Wildman–Crippen MR) is 128 cm³/mol. The Morgan fingerprint density at radius 1 is 0.969 bits per heavy atom. The Morgan fingerprint density at radius 3 is 2.31 bits per heavy atom. The van der Waals surface area contributed by atoms with Gasteiger partial charge in [0.15, 0.2) is 0 Å². The smallest absolute Gasteiger partial charge is 0.253 e. The highest BCUT2D eigenvalue weighted by atomic mass is 19.1. The van der Waals surface area contributed by atoms with Crippen LogP contribution in [0.4, 0.5) is 10.1 Å². The average molecular weight is 435 g/mol. The van der Waals surface area contributed by atoms with E-state index < -0.39 is 0 Å². The molecular formula is C28H35FN2O. The zero-order valence-corrected chi connectivity index (χ0v) is 19.1. The van der Waals surface area contributed by atoms with Crippen molar-refractivity contribution in [3.05, 3.63) is 53.8 Å². The van der Waals surface area contributed by atoms with E-state index in [4.69, 9.17) is 0 Å². The molecular weight excluding hydrogens is 399 g/mol. The number of carbonyl (C=O) groups excluding carboxylic acids is 1. The van der Waals surface area contributed by atoms with E-state index in [1.165, 1.54) is 44.2 Å². The maximum Gasteiger partial charge on any atom is 0.253 e. The molecule has 0 atom stereocenters. The zero-order chi connectivity index (χ0) is 22.1. The SMILES string of the molecule is CCCCCNc1ccc(-c2cccc(F)c2)cc1C(=O)NC12CC3CC(CC(C3)C1)C2. The molecule has 170 valence electrons. The lowest BCUT2D eigenvalue weighted by Crippen LogP contribution is -2.59. The molecule has 0 saturated heterocycles. The second-order valence-electron chi connectivity index (χ2n) is 10.6. The first-order valence-electron chi connectivity index (χ1n) is 12.5. The summed E-state index contributed by atoms with van der Waals surface area (Å²) >= 11 is 0. The van der Waals surface area contributed by atoms with Crippen LogP contribution in [0.2, 0.25) is 0 Å². The molecule has 0 heterocycles. The summed E-state index contributed by atoms with van der Waals surface area (Å²) in [5.41, 5.74) is 3.20. The van der Waals surface area contributed by atoms with E-state index >= 15 is 0 Å². The van der Waals surface area contributed by atoms with Gasteiger partial charge < -0.3 is 10.6 Å². The number of anilines is 1. The van der Waals surface area contributed by atoms with Gasteiger partial charge in [0.1, 0.15) is 5.82 Å². The molecule has 0 radical (unpaired) electrons. The highest BCUT2D eigenvalue weighted by Gasteiger charge is 2.51. The topological polar surface area (TPSA) is 41.1 Å². The first kappa shape index (κ1) is 21.5. The molecule has 4 bridgehead atoms. The molecule has 4 aliphatic rings. The number of amides is 1. The van der Waals surface area contributed by atoms with Crippen molar-refractivity contribution < 1.29 is 9.18 Å². The summed E-state index contributed by atoms with van der Waals surface area (Å²) < 4.78 is 13.8. The van der Waals surface area contributed by atoms with Gasteiger partial charge in [-0.25, -0.2) is 4.39 Å². The highest BCUT2D eigenvalue weighted by Crippen LogP contribution is 2.55. The summed E-state index contributed by atoms with van der Waals surface area (Å²) in [6.45, 7) is 3.04. The Kier molecular flexibility index (Phi) is 5.96. The standard InChI is InChI=1S/C28H35FN2O/c1-2-3-4-10-30-26-9-8-23(22-6-5-7-24(29)14-22)15-25(26)27(32)31-28-16-19-11-20(17-28)13-21(12-19)18-28/h5-9,14-15,19-21,30H,2-4,10-13,16-18H2,1H3,(H,31,32). The van der Waals surface area contributed by atoms with Gasteiger partial charge in [0.05, 0.1) is 5.56 Å². The molecule has 0 aliphatic heterocycles. The zero-order valence-electron chi connectivity index (χ0n) is 19.1. The van der Waals surface area contributed by atoms with E-state index in [1.807, 2.05) is 24.3 Å². The van der Waals surface area contributed by atoms with Crippen LogP contribution in [0.5, 0.6) is 0 Å². The lowest BCUT2D eigenvalue weighted by Gasteiger charge is -2.56. The van der Waals surface area contributed by atoms with Crippen LogP contribution in [0.3, 0.4) is 0 Å². The van der Waals surface area contributed by atoms with Crippen LogP contribution in [0, 0.1) is 23.6 Å². The predicted octanol–water partition coefficient (Wildman–Crippen LogP) is 6.79. The van der Waals surface area contributed by atoms with E-state index in [2.05, 4.69) is 17.6 Å². The summed E-state index contributed by atoms with van der Waals surface area (Å²) in [5, 5.41) is 7.01. The molecule has 4 heteroatoms. The van der Waals surface area contributed by atoms with Gasteiger partial charge in [0.2, 0.25) is 0 Å². The third-order valence-electron chi connectivity index (χ3n) is 7.93. The maximum atomic E-state index is 13.8. The lowest BCUT2D eigenvalue weighted by atomic mass is 9.53. The number of unbranched alkanes of at least 4 members (excludes halogenated alkanes) is 2. The molecule has 1 amide bonds. The van der Waals surface area contributed by atoms with E-state index in [-0.39, 0.29) is 17.3 Å². The second kappa shape index (κ2) is 8.88. The molecule has 4 fully saturated rings. The number of rotatable bonds is 8. The molecule has 2 aromatic carbocycles. The maximum absolute atomic E-state index is 13.8. The van der Waals surface area contributed by atoms with E-state index in [0.717, 1.165) is 66.8 Å². The van der Waals surface area contributed by atoms with Gasteiger partial charge in [-0.2, -0.15) is 0 Å². The van der Waals surface area contributed by atoms with Crippen molar-refractivity contribution in [3.63, 3.8) is 0 Å². The fourth-order valence-corrected chi connectivity index (χ4v) is 6.90. The molecule has 3 nitrogen and oxygen atoms in total. The van der Waals surface area contributed by atoms with Crippen LogP contribution in [-0.2, 0) is 0 Å². The van der Waals surface area contributed by atoms with Crippen LogP contribution in [0.25, 0.3) is 11.1 Å². The Hall–Kier alpha value is -2.36. The first-order valence-corrected chi connectivity index (χ1v) is 12.5. The third kappa shape index (κ3) is 4.42. The van der Waals surface area contributed by atoms with Crippen LogP contribution in [0.15, 0.2) is 42.5 Å².